The van der Waals surface area contributed by atoms with E-state index < -0.39 is 8.07 Å². The molecule has 0 aliphatic carbocycles. The molecule has 0 N–H and O–H groups in total. The molecule has 156 valence electrons. The molecule has 0 nitrogen and oxygen atoms in total. The summed E-state index contributed by atoms with van der Waals surface area (Å²) in [5, 5.41) is 6.05. The van der Waals surface area contributed by atoms with Gasteiger partial charge in [-0.05, 0) is 52.7 Å². The van der Waals surface area contributed by atoms with Gasteiger partial charge in [0, 0.05) is 14.6 Å². The van der Waals surface area contributed by atoms with Crippen LogP contribution in [0, 0.1) is 18.8 Å². The zero-order valence-corrected chi connectivity index (χ0v) is 21.4. The highest BCUT2D eigenvalue weighted by molar-refractivity contribution is 7.28. The van der Waals surface area contributed by atoms with Crippen molar-refractivity contribution in [1.82, 2.24) is 0 Å². The predicted molar refractivity (Wildman–Crippen MR) is 134 cm³/mol. The molecule has 0 bridgehead atoms. The van der Waals surface area contributed by atoms with Crippen molar-refractivity contribution >= 4 is 41.1 Å². The molecule has 0 aromatic carbocycles. The van der Waals surface area contributed by atoms with E-state index in [0.717, 1.165) is 11.8 Å². The summed E-state index contributed by atoms with van der Waals surface area (Å²) >= 11 is 4.10. The maximum absolute atomic E-state index is 2.62. The fraction of sp³-hybridized carbons (Fsp3) is 0.680. The van der Waals surface area contributed by atoms with E-state index >= 15 is 0 Å². The van der Waals surface area contributed by atoms with Crippen LogP contribution in [0.25, 0.3) is 9.75 Å². The van der Waals surface area contributed by atoms with Crippen molar-refractivity contribution in [3.05, 3.63) is 22.4 Å². The van der Waals surface area contributed by atoms with Gasteiger partial charge in [-0.3, -0.25) is 0 Å². The van der Waals surface area contributed by atoms with E-state index in [9.17, 15) is 0 Å². The van der Waals surface area contributed by atoms with Gasteiger partial charge in [0.05, 0.1) is 0 Å². The first-order valence-electron chi connectivity index (χ1n) is 11.8. The molecule has 0 amide bonds. The molecule has 3 heteroatoms. The molecule has 0 radical (unpaired) electrons. The van der Waals surface area contributed by atoms with Crippen LogP contribution in [0.5, 0.6) is 0 Å². The lowest BCUT2D eigenvalue weighted by atomic mass is 10.0. The van der Waals surface area contributed by atoms with Crippen LogP contribution in [0.15, 0.2) is 17.5 Å². The van der Waals surface area contributed by atoms with Crippen LogP contribution < -0.4 is 10.4 Å². The van der Waals surface area contributed by atoms with E-state index in [1.54, 1.807) is 9.75 Å². The van der Waals surface area contributed by atoms with E-state index in [1.165, 1.54) is 68.3 Å². The monoisotopic (exact) mass is 432 g/mol. The van der Waals surface area contributed by atoms with Gasteiger partial charge in [-0.25, -0.2) is 0 Å². The van der Waals surface area contributed by atoms with Crippen LogP contribution in [0.1, 0.15) is 83.9 Å². The van der Waals surface area contributed by atoms with Crippen LogP contribution >= 0.6 is 22.7 Å². The van der Waals surface area contributed by atoms with E-state index in [4.69, 9.17) is 0 Å². The third kappa shape index (κ3) is 4.37. The molecule has 2 aromatic rings. The van der Waals surface area contributed by atoms with E-state index in [1.807, 2.05) is 21.7 Å². The number of unbranched alkanes of at least 4 members (excludes halogenated alkanes) is 2. The molecule has 3 heterocycles. The maximum atomic E-state index is 2.62. The number of hydrogen-bond donors (Lipinski definition) is 0. The fourth-order valence-electron chi connectivity index (χ4n) is 5.44. The molecular formula is C25H40S2Si. The molecule has 2 atom stereocenters. The SMILES string of the molecule is CCCCC(CC)C[Si]1(CC(CC)CCCC)c2ccsc2-c2sc(C)cc21. The highest BCUT2D eigenvalue weighted by Gasteiger charge is 2.48. The Balaban J connectivity index is 2.02. The summed E-state index contributed by atoms with van der Waals surface area (Å²) < 4.78 is 0. The Morgan fingerprint density at radius 3 is 2.00 bits per heavy atom. The third-order valence-electron chi connectivity index (χ3n) is 7.12. The number of aryl methyl sites for hydroxylation is 1. The van der Waals surface area contributed by atoms with Crippen molar-refractivity contribution in [3.8, 4) is 9.75 Å². The largest absolute Gasteiger partial charge is 0.143 e. The fourth-order valence-corrected chi connectivity index (χ4v) is 15.5. The zero-order chi connectivity index (χ0) is 20.1. The maximum Gasteiger partial charge on any atom is 0.122 e. The van der Waals surface area contributed by atoms with Gasteiger partial charge >= 0.3 is 0 Å². The average molecular weight is 433 g/mol. The first-order valence-corrected chi connectivity index (χ1v) is 15.9. The standard InChI is InChI=1S/C25H40S2Si/c1-6-10-12-20(8-3)17-28(18-21(9-4)13-11-7-2)22-14-15-26-24(22)25-23(28)16-19(5)27-25/h14-16,20-21H,6-13,17-18H2,1-5H3. The normalized spacial score (nSPS) is 20.2. The molecule has 0 spiro atoms. The van der Waals surface area contributed by atoms with Crippen LogP contribution in [0.3, 0.4) is 0 Å². The summed E-state index contributed by atoms with van der Waals surface area (Å²) in [5.41, 5.74) is 0. The Morgan fingerprint density at radius 2 is 1.46 bits per heavy atom. The summed E-state index contributed by atoms with van der Waals surface area (Å²) in [4.78, 5) is 4.87. The van der Waals surface area contributed by atoms with Crippen molar-refractivity contribution in [2.24, 2.45) is 11.8 Å². The van der Waals surface area contributed by atoms with Crippen molar-refractivity contribution in [3.63, 3.8) is 0 Å². The second-order valence-electron chi connectivity index (χ2n) is 9.09. The molecule has 0 saturated carbocycles. The van der Waals surface area contributed by atoms with Gasteiger partial charge in [-0.2, -0.15) is 0 Å². The second-order valence-corrected chi connectivity index (χ2v) is 15.3. The Labute approximate surface area is 182 Å². The Kier molecular flexibility index (Phi) is 8.03. The highest BCUT2D eigenvalue weighted by Crippen LogP contribution is 2.44. The van der Waals surface area contributed by atoms with Crippen molar-refractivity contribution in [2.75, 3.05) is 0 Å². The number of thiophene rings is 2. The summed E-state index contributed by atoms with van der Waals surface area (Å²) in [6.07, 6.45) is 11.1. The van der Waals surface area contributed by atoms with Gasteiger partial charge in [0.2, 0.25) is 0 Å². The van der Waals surface area contributed by atoms with Gasteiger partial charge in [0.25, 0.3) is 0 Å². The third-order valence-corrected chi connectivity index (χ3v) is 15.0. The second kappa shape index (κ2) is 10.1. The molecule has 0 fully saturated rings. The van der Waals surface area contributed by atoms with E-state index in [-0.39, 0.29) is 0 Å². The lowest BCUT2D eigenvalue weighted by molar-refractivity contribution is 0.469. The molecule has 3 rings (SSSR count). The van der Waals surface area contributed by atoms with Gasteiger partial charge in [-0.15, -0.1) is 22.7 Å². The quantitative estimate of drug-likeness (QED) is 0.297. The van der Waals surface area contributed by atoms with Crippen molar-refractivity contribution in [2.45, 2.75) is 98.1 Å². The van der Waals surface area contributed by atoms with Crippen molar-refractivity contribution < 1.29 is 0 Å². The first-order chi connectivity index (χ1) is 13.6. The Hall–Kier alpha value is -0.383. The van der Waals surface area contributed by atoms with Crippen LogP contribution in [-0.4, -0.2) is 8.07 Å². The summed E-state index contributed by atoms with van der Waals surface area (Å²) in [6.45, 7) is 11.9. The smallest absolute Gasteiger partial charge is 0.122 e. The molecule has 2 unspecified atom stereocenters. The minimum absolute atomic E-state index is 0.911. The molecule has 1 aliphatic heterocycles. The summed E-state index contributed by atoms with van der Waals surface area (Å²) in [7, 11) is -1.65. The van der Waals surface area contributed by atoms with Crippen LogP contribution in [0.4, 0.5) is 0 Å². The van der Waals surface area contributed by atoms with E-state index in [0.29, 0.717) is 0 Å². The van der Waals surface area contributed by atoms with Gasteiger partial charge in [0.15, 0.2) is 0 Å². The summed E-state index contributed by atoms with van der Waals surface area (Å²) in [6, 6.07) is 8.17. The minimum atomic E-state index is -1.65. The molecule has 28 heavy (non-hydrogen) atoms. The zero-order valence-electron chi connectivity index (χ0n) is 18.8. The molecule has 0 saturated heterocycles. The number of rotatable bonds is 12. The van der Waals surface area contributed by atoms with Crippen LogP contribution in [-0.2, 0) is 0 Å². The molecule has 1 aliphatic rings. The Bertz CT molecular complexity index is 724. The van der Waals surface area contributed by atoms with E-state index in [2.05, 4.69) is 63.5 Å². The highest BCUT2D eigenvalue weighted by atomic mass is 32.1. The minimum Gasteiger partial charge on any atom is -0.143 e. The number of hydrogen-bond acceptors (Lipinski definition) is 2. The Morgan fingerprint density at radius 1 is 0.857 bits per heavy atom. The average Bonchev–Trinajstić information content (AvgIpc) is 3.37. The van der Waals surface area contributed by atoms with Gasteiger partial charge in [0.1, 0.15) is 8.07 Å². The van der Waals surface area contributed by atoms with Crippen molar-refractivity contribution in [1.29, 1.82) is 0 Å². The molecular weight excluding hydrogens is 392 g/mol. The number of fused-ring (bicyclic) bond motifs is 3. The predicted octanol–water partition coefficient (Wildman–Crippen LogP) is 8.09. The van der Waals surface area contributed by atoms with Gasteiger partial charge < -0.3 is 0 Å². The lowest BCUT2D eigenvalue weighted by Crippen LogP contribution is -2.56. The van der Waals surface area contributed by atoms with Crippen LogP contribution in [0.2, 0.25) is 12.1 Å². The van der Waals surface area contributed by atoms with Gasteiger partial charge in [-0.1, -0.05) is 85.1 Å². The topological polar surface area (TPSA) is 0 Å². The molecule has 2 aromatic heterocycles. The summed E-state index contributed by atoms with van der Waals surface area (Å²) in [5.74, 6) is 1.82. The lowest BCUT2D eigenvalue weighted by Gasteiger charge is -2.35. The first kappa shape index (κ1) is 22.3.